The molecular weight excluding hydrogens is 332 g/mol. The fraction of sp³-hybridized carbons (Fsp3) is 0.611. The van der Waals surface area contributed by atoms with Crippen molar-refractivity contribution in [2.75, 3.05) is 6.61 Å². The smallest absolute Gasteiger partial charge is 0.298 e. The largest absolute Gasteiger partial charge is 0.591 e. The molecule has 0 aliphatic carbocycles. The third kappa shape index (κ3) is 4.55. The second-order valence-corrected chi connectivity index (χ2v) is 9.09. The first-order valence-electron chi connectivity index (χ1n) is 8.18. The standard InChI is InChI=1S/C18H25F2NO2S/c1-13(12-21-24(22)17(2,3)4)14-7-5-8-15(11-14)18(19,20)16-9-6-10-23-16/h5,7-8,11-13,16H,6,9-10H2,1-4H3/b21-12-/t13?,16?,24-/m1/s1. The number of benzene rings is 1. The van der Waals surface area contributed by atoms with Crippen LogP contribution in [0.25, 0.3) is 0 Å². The zero-order valence-corrected chi connectivity index (χ0v) is 15.4. The van der Waals surface area contributed by atoms with Gasteiger partial charge in [-0.15, -0.1) is 0 Å². The molecule has 134 valence electrons. The number of hydrogen-bond acceptors (Lipinski definition) is 3. The number of rotatable bonds is 5. The summed E-state index contributed by atoms with van der Waals surface area (Å²) >= 11 is -1.35. The van der Waals surface area contributed by atoms with Gasteiger partial charge in [-0.2, -0.15) is 8.78 Å². The maximum absolute atomic E-state index is 14.6. The van der Waals surface area contributed by atoms with Crippen LogP contribution in [0.1, 0.15) is 57.6 Å². The molecule has 2 rings (SSSR count). The molecule has 1 saturated heterocycles. The van der Waals surface area contributed by atoms with E-state index in [0.29, 0.717) is 19.4 Å². The summed E-state index contributed by atoms with van der Waals surface area (Å²) in [5, 5.41) is 0. The van der Waals surface area contributed by atoms with Crippen molar-refractivity contribution < 1.29 is 18.1 Å². The molecular formula is C18H25F2NO2S. The topological polar surface area (TPSA) is 44.7 Å². The fourth-order valence-corrected chi connectivity index (χ4v) is 3.08. The van der Waals surface area contributed by atoms with Gasteiger partial charge in [-0.1, -0.05) is 29.5 Å². The van der Waals surface area contributed by atoms with Crippen LogP contribution in [0.3, 0.4) is 0 Å². The van der Waals surface area contributed by atoms with E-state index in [0.717, 1.165) is 5.56 Å². The third-order valence-electron chi connectivity index (χ3n) is 4.04. The molecule has 1 aliphatic rings. The molecule has 3 nitrogen and oxygen atoms in total. The highest BCUT2D eigenvalue weighted by molar-refractivity contribution is 7.91. The Morgan fingerprint density at radius 2 is 2.08 bits per heavy atom. The molecule has 0 radical (unpaired) electrons. The summed E-state index contributed by atoms with van der Waals surface area (Å²) in [7, 11) is 0. The molecule has 0 spiro atoms. The Balaban J connectivity index is 2.16. The fourth-order valence-electron chi connectivity index (χ4n) is 2.47. The number of ether oxygens (including phenoxy) is 1. The van der Waals surface area contributed by atoms with Gasteiger partial charge in [-0.05, 0) is 45.2 Å². The average molecular weight is 357 g/mol. The van der Waals surface area contributed by atoms with Crippen molar-refractivity contribution in [3.05, 3.63) is 35.4 Å². The van der Waals surface area contributed by atoms with Gasteiger partial charge in [-0.3, -0.25) is 0 Å². The summed E-state index contributed by atoms with van der Waals surface area (Å²) < 4.78 is 49.9. The van der Waals surface area contributed by atoms with Crippen LogP contribution in [-0.2, 0) is 22.0 Å². The van der Waals surface area contributed by atoms with Crippen molar-refractivity contribution in [1.82, 2.24) is 0 Å². The van der Waals surface area contributed by atoms with E-state index in [1.165, 1.54) is 12.1 Å². The Morgan fingerprint density at radius 1 is 1.38 bits per heavy atom. The summed E-state index contributed by atoms with van der Waals surface area (Å²) in [5.74, 6) is -3.20. The lowest BCUT2D eigenvalue weighted by molar-refractivity contribution is -0.122. The van der Waals surface area contributed by atoms with E-state index in [9.17, 15) is 13.3 Å². The Labute approximate surface area is 145 Å². The molecule has 1 aromatic carbocycles. The van der Waals surface area contributed by atoms with Gasteiger partial charge in [0.25, 0.3) is 5.92 Å². The van der Waals surface area contributed by atoms with E-state index in [4.69, 9.17) is 4.74 Å². The second kappa shape index (κ2) is 7.50. The van der Waals surface area contributed by atoms with Crippen molar-refractivity contribution in [3.8, 4) is 0 Å². The van der Waals surface area contributed by atoms with Gasteiger partial charge in [0, 0.05) is 18.1 Å². The molecule has 0 saturated carbocycles. The van der Waals surface area contributed by atoms with Crippen LogP contribution in [0.4, 0.5) is 8.78 Å². The maximum Gasteiger partial charge on any atom is 0.298 e. The van der Waals surface area contributed by atoms with Crippen LogP contribution in [0, 0.1) is 0 Å². The van der Waals surface area contributed by atoms with Crippen molar-refractivity contribution in [3.63, 3.8) is 0 Å². The second-order valence-electron chi connectivity index (χ2n) is 7.15. The van der Waals surface area contributed by atoms with Gasteiger partial charge in [-0.25, -0.2) is 0 Å². The molecule has 1 heterocycles. The summed E-state index contributed by atoms with van der Waals surface area (Å²) in [4.78, 5) is 0. The van der Waals surface area contributed by atoms with Gasteiger partial charge in [0.15, 0.2) is 0 Å². The zero-order valence-electron chi connectivity index (χ0n) is 14.6. The Kier molecular flexibility index (Phi) is 6.04. The molecule has 0 bridgehead atoms. The molecule has 3 atom stereocenters. The first-order chi connectivity index (χ1) is 11.1. The highest BCUT2D eigenvalue weighted by Crippen LogP contribution is 2.38. The van der Waals surface area contributed by atoms with Gasteiger partial charge < -0.3 is 9.29 Å². The lowest BCUT2D eigenvalue weighted by atomic mass is 9.95. The van der Waals surface area contributed by atoms with E-state index >= 15 is 0 Å². The lowest BCUT2D eigenvalue weighted by Crippen LogP contribution is -2.30. The first-order valence-corrected chi connectivity index (χ1v) is 9.29. The maximum atomic E-state index is 14.6. The van der Waals surface area contributed by atoms with Crippen molar-refractivity contribution in [1.29, 1.82) is 0 Å². The van der Waals surface area contributed by atoms with Gasteiger partial charge in [0.05, 0.1) is 6.21 Å². The molecule has 2 unspecified atom stereocenters. The molecule has 0 amide bonds. The molecule has 1 aromatic rings. The number of alkyl halides is 2. The minimum absolute atomic E-state index is 0.0379. The van der Waals surface area contributed by atoms with E-state index < -0.39 is 28.1 Å². The zero-order chi connectivity index (χ0) is 18.0. The summed E-state index contributed by atoms with van der Waals surface area (Å²) in [5.41, 5.74) is 0.684. The van der Waals surface area contributed by atoms with E-state index in [-0.39, 0.29) is 11.5 Å². The number of nitrogens with zero attached hydrogens (tertiary/aromatic N) is 1. The summed E-state index contributed by atoms with van der Waals surface area (Å²) in [6.45, 7) is 7.77. The van der Waals surface area contributed by atoms with E-state index in [1.54, 1.807) is 18.3 Å². The van der Waals surface area contributed by atoms with Crippen LogP contribution in [0.2, 0.25) is 0 Å². The van der Waals surface area contributed by atoms with Crippen molar-refractivity contribution in [2.24, 2.45) is 4.40 Å². The molecule has 0 N–H and O–H groups in total. The minimum Gasteiger partial charge on any atom is -0.591 e. The van der Waals surface area contributed by atoms with Crippen LogP contribution >= 0.6 is 0 Å². The summed E-state index contributed by atoms with van der Waals surface area (Å²) in [6.07, 6.45) is 1.57. The van der Waals surface area contributed by atoms with E-state index in [2.05, 4.69) is 4.40 Å². The normalized spacial score (nSPS) is 22.0. The predicted molar refractivity (Wildman–Crippen MR) is 94.1 cm³/mol. The van der Waals surface area contributed by atoms with Crippen molar-refractivity contribution in [2.45, 2.75) is 63.2 Å². The molecule has 6 heteroatoms. The van der Waals surface area contributed by atoms with Gasteiger partial charge in [0.1, 0.15) is 22.2 Å². The van der Waals surface area contributed by atoms with Crippen LogP contribution in [0.5, 0.6) is 0 Å². The Bertz CT molecular complexity index is 581. The van der Waals surface area contributed by atoms with E-state index in [1.807, 2.05) is 27.7 Å². The first kappa shape index (κ1) is 19.3. The molecule has 1 fully saturated rings. The monoisotopic (exact) mass is 357 g/mol. The van der Waals surface area contributed by atoms with Crippen LogP contribution < -0.4 is 0 Å². The highest BCUT2D eigenvalue weighted by atomic mass is 32.2. The third-order valence-corrected chi connectivity index (χ3v) is 5.40. The number of halogens is 2. The molecule has 0 aromatic heterocycles. The molecule has 24 heavy (non-hydrogen) atoms. The number of hydrogen-bond donors (Lipinski definition) is 0. The summed E-state index contributed by atoms with van der Waals surface area (Å²) in [6, 6.07) is 6.34. The lowest BCUT2D eigenvalue weighted by Gasteiger charge is -2.23. The van der Waals surface area contributed by atoms with Crippen LogP contribution in [0.15, 0.2) is 28.7 Å². The molecule has 1 aliphatic heterocycles. The van der Waals surface area contributed by atoms with Crippen molar-refractivity contribution >= 4 is 17.6 Å². The van der Waals surface area contributed by atoms with Gasteiger partial charge in [0.2, 0.25) is 0 Å². The van der Waals surface area contributed by atoms with Gasteiger partial charge >= 0.3 is 0 Å². The predicted octanol–water partition coefficient (Wildman–Crippen LogP) is 4.59. The average Bonchev–Trinajstić information content (AvgIpc) is 3.06. The minimum atomic E-state index is -3.00. The van der Waals surface area contributed by atoms with Crippen LogP contribution in [-0.4, -0.2) is 28.2 Å². The SMILES string of the molecule is CC(/C=N\[S@+]([O-])C(C)(C)C)c1cccc(C(F)(F)C2CCCO2)c1. The highest BCUT2D eigenvalue weighted by Gasteiger charge is 2.44. The Hall–Kier alpha value is -0.980. The Morgan fingerprint density at radius 3 is 2.67 bits per heavy atom. The quantitative estimate of drug-likeness (QED) is 0.571.